The molecule has 1 saturated heterocycles. The molecule has 1 heterocycles. The zero-order valence-electron chi connectivity index (χ0n) is 17.4. The van der Waals surface area contributed by atoms with Crippen molar-refractivity contribution in [2.24, 2.45) is 29.1 Å². The van der Waals surface area contributed by atoms with Gasteiger partial charge in [0.05, 0.1) is 4.90 Å². The second kappa shape index (κ2) is 7.59. The summed E-state index contributed by atoms with van der Waals surface area (Å²) in [6.07, 6.45) is 8.75. The number of amides is 1. The van der Waals surface area contributed by atoms with Gasteiger partial charge in [-0.25, -0.2) is 12.8 Å². The number of rotatable bonds is 5. The maximum absolute atomic E-state index is 13.2. The number of nitrogens with zero attached hydrogens (tertiary/aromatic N) is 1. The van der Waals surface area contributed by atoms with E-state index in [4.69, 9.17) is 0 Å². The average Bonchev–Trinajstić information content (AvgIpc) is 2.71. The number of carbonyl (C=O) groups excluding carboxylic acids is 1. The van der Waals surface area contributed by atoms with E-state index in [2.05, 4.69) is 5.32 Å². The Kier molecular flexibility index (Phi) is 5.17. The minimum absolute atomic E-state index is 0.117. The molecule has 4 aliphatic carbocycles. The van der Waals surface area contributed by atoms with Crippen LogP contribution >= 0.6 is 0 Å². The fourth-order valence-electron chi connectivity index (χ4n) is 6.98. The topological polar surface area (TPSA) is 66.5 Å². The molecule has 0 spiro atoms. The highest BCUT2D eigenvalue weighted by molar-refractivity contribution is 7.89. The molecule has 1 aliphatic heterocycles. The molecule has 1 atom stereocenters. The summed E-state index contributed by atoms with van der Waals surface area (Å²) in [5.74, 6) is 2.07. The van der Waals surface area contributed by atoms with Gasteiger partial charge in [-0.2, -0.15) is 4.31 Å². The summed E-state index contributed by atoms with van der Waals surface area (Å²) >= 11 is 0. The van der Waals surface area contributed by atoms with Crippen LogP contribution in [0.4, 0.5) is 4.39 Å². The zero-order valence-corrected chi connectivity index (χ0v) is 18.2. The van der Waals surface area contributed by atoms with E-state index in [0.29, 0.717) is 19.6 Å². The van der Waals surface area contributed by atoms with Gasteiger partial charge in [-0.1, -0.05) is 0 Å². The van der Waals surface area contributed by atoms with Crippen molar-refractivity contribution in [1.82, 2.24) is 9.62 Å². The summed E-state index contributed by atoms with van der Waals surface area (Å²) in [6, 6.07) is 5.01. The maximum atomic E-state index is 13.2. The molecule has 1 aromatic carbocycles. The van der Waals surface area contributed by atoms with E-state index in [-0.39, 0.29) is 22.1 Å². The van der Waals surface area contributed by atoms with Crippen molar-refractivity contribution < 1.29 is 17.6 Å². The molecule has 0 aromatic heterocycles. The molecule has 4 bridgehead atoms. The van der Waals surface area contributed by atoms with E-state index in [1.54, 1.807) is 0 Å². The van der Waals surface area contributed by atoms with Crippen LogP contribution in [0.3, 0.4) is 0 Å². The van der Waals surface area contributed by atoms with Crippen molar-refractivity contribution in [2.45, 2.75) is 56.3 Å². The van der Waals surface area contributed by atoms with Crippen LogP contribution in [0.2, 0.25) is 0 Å². The summed E-state index contributed by atoms with van der Waals surface area (Å²) in [6.45, 7) is 1.41. The molecule has 5 aliphatic rings. The van der Waals surface area contributed by atoms with E-state index in [9.17, 15) is 17.6 Å². The largest absolute Gasteiger partial charge is 0.355 e. The molecular weight excluding hydrogens is 403 g/mol. The Morgan fingerprint density at radius 3 is 2.27 bits per heavy atom. The molecule has 0 radical (unpaired) electrons. The van der Waals surface area contributed by atoms with Gasteiger partial charge >= 0.3 is 0 Å². The van der Waals surface area contributed by atoms with Crippen LogP contribution in [-0.2, 0) is 14.8 Å². The highest BCUT2D eigenvalue weighted by atomic mass is 32.2. The highest BCUT2D eigenvalue weighted by Gasteiger charge is 2.54. The quantitative estimate of drug-likeness (QED) is 0.771. The first-order valence-electron chi connectivity index (χ1n) is 11.4. The van der Waals surface area contributed by atoms with Crippen LogP contribution in [0.1, 0.15) is 51.4 Å². The Bertz CT molecular complexity index is 880. The van der Waals surface area contributed by atoms with E-state index < -0.39 is 15.8 Å². The number of benzene rings is 1. The Morgan fingerprint density at radius 1 is 1.07 bits per heavy atom. The molecule has 1 aromatic rings. The standard InChI is InChI=1S/C23H31FN2O3S/c24-20-3-5-21(6-4-20)30(28,29)26-7-1-2-16(15-26)14-25-22(27)23-11-17-8-18(12-23)10-19(9-17)13-23/h3-6,16-19H,1-2,7-15H2,(H,25,27). The molecule has 164 valence electrons. The fraction of sp³-hybridized carbons (Fsp3) is 0.696. The summed E-state index contributed by atoms with van der Waals surface area (Å²) < 4.78 is 40.5. The molecule has 30 heavy (non-hydrogen) atoms. The number of hydrogen-bond donors (Lipinski definition) is 1. The van der Waals surface area contributed by atoms with Crippen molar-refractivity contribution in [2.75, 3.05) is 19.6 Å². The SMILES string of the molecule is O=C(NCC1CCCN(S(=O)(=O)c2ccc(F)cc2)C1)C12CC3CC(CC(C3)C1)C2. The van der Waals surface area contributed by atoms with Gasteiger partial charge in [0.15, 0.2) is 0 Å². The van der Waals surface area contributed by atoms with Crippen LogP contribution in [0, 0.1) is 34.9 Å². The molecule has 6 rings (SSSR count). The first-order valence-corrected chi connectivity index (χ1v) is 12.8. The van der Waals surface area contributed by atoms with Crippen molar-refractivity contribution in [3.8, 4) is 0 Å². The van der Waals surface area contributed by atoms with Gasteiger partial charge in [0.25, 0.3) is 0 Å². The predicted molar refractivity (Wildman–Crippen MR) is 111 cm³/mol. The Labute approximate surface area is 178 Å². The number of carbonyl (C=O) groups is 1. The van der Waals surface area contributed by atoms with Gasteiger partial charge in [0, 0.05) is 25.0 Å². The van der Waals surface area contributed by atoms with E-state index >= 15 is 0 Å². The van der Waals surface area contributed by atoms with Gasteiger partial charge in [0.1, 0.15) is 5.82 Å². The van der Waals surface area contributed by atoms with Crippen LogP contribution in [0.25, 0.3) is 0 Å². The van der Waals surface area contributed by atoms with Crippen molar-refractivity contribution in [3.05, 3.63) is 30.1 Å². The minimum atomic E-state index is -3.63. The van der Waals surface area contributed by atoms with Crippen LogP contribution in [0.5, 0.6) is 0 Å². The number of halogens is 1. The molecule has 7 heteroatoms. The molecule has 5 nitrogen and oxygen atoms in total. The average molecular weight is 435 g/mol. The molecule has 1 amide bonds. The number of hydrogen-bond acceptors (Lipinski definition) is 3. The third-order valence-electron chi connectivity index (χ3n) is 8.00. The number of sulfonamides is 1. The van der Waals surface area contributed by atoms with Crippen LogP contribution < -0.4 is 5.32 Å². The normalized spacial score (nSPS) is 36.0. The van der Waals surface area contributed by atoms with Gasteiger partial charge < -0.3 is 5.32 Å². The lowest BCUT2D eigenvalue weighted by Gasteiger charge is -2.55. The second-order valence-corrected chi connectivity index (χ2v) is 12.2. The highest BCUT2D eigenvalue weighted by Crippen LogP contribution is 2.60. The summed E-state index contributed by atoms with van der Waals surface area (Å²) in [7, 11) is -3.63. The maximum Gasteiger partial charge on any atom is 0.243 e. The van der Waals surface area contributed by atoms with Crippen LogP contribution in [-0.4, -0.2) is 38.3 Å². The molecule has 1 unspecified atom stereocenters. The van der Waals surface area contributed by atoms with Crippen molar-refractivity contribution in [1.29, 1.82) is 0 Å². The van der Waals surface area contributed by atoms with E-state index in [1.807, 2.05) is 0 Å². The number of piperidine rings is 1. The van der Waals surface area contributed by atoms with Gasteiger partial charge in [0.2, 0.25) is 15.9 Å². The number of nitrogens with one attached hydrogen (secondary N) is 1. The van der Waals surface area contributed by atoms with Gasteiger partial charge in [-0.15, -0.1) is 0 Å². The van der Waals surface area contributed by atoms with Crippen molar-refractivity contribution >= 4 is 15.9 Å². The molecule has 5 fully saturated rings. The predicted octanol–water partition coefficient (Wildman–Crippen LogP) is 3.56. The zero-order chi connectivity index (χ0) is 20.9. The lowest BCUT2D eigenvalue weighted by atomic mass is 9.49. The van der Waals surface area contributed by atoms with Crippen molar-refractivity contribution in [3.63, 3.8) is 0 Å². The third kappa shape index (κ3) is 3.68. The Morgan fingerprint density at radius 2 is 1.67 bits per heavy atom. The minimum Gasteiger partial charge on any atom is -0.355 e. The van der Waals surface area contributed by atoms with Gasteiger partial charge in [-0.05, 0) is 99.3 Å². The molecule has 4 saturated carbocycles. The van der Waals surface area contributed by atoms with E-state index in [0.717, 1.165) is 49.9 Å². The third-order valence-corrected chi connectivity index (χ3v) is 9.88. The summed E-state index contributed by atoms with van der Waals surface area (Å²) in [5.41, 5.74) is -0.163. The smallest absolute Gasteiger partial charge is 0.243 e. The van der Waals surface area contributed by atoms with Crippen LogP contribution in [0.15, 0.2) is 29.2 Å². The first kappa shape index (κ1) is 20.4. The molecule has 1 N–H and O–H groups in total. The summed E-state index contributed by atoms with van der Waals surface area (Å²) in [4.78, 5) is 13.3. The summed E-state index contributed by atoms with van der Waals surface area (Å²) in [5, 5.41) is 3.22. The lowest BCUT2D eigenvalue weighted by Crippen LogP contribution is -2.54. The van der Waals surface area contributed by atoms with Gasteiger partial charge in [-0.3, -0.25) is 4.79 Å². The first-order chi connectivity index (χ1) is 14.3. The Balaban J connectivity index is 1.21. The lowest BCUT2D eigenvalue weighted by molar-refractivity contribution is -0.146. The molecular formula is C23H31FN2O3S. The second-order valence-electron chi connectivity index (χ2n) is 10.2. The fourth-order valence-corrected chi connectivity index (χ4v) is 8.54. The van der Waals surface area contributed by atoms with E-state index in [1.165, 1.54) is 47.8 Å². The monoisotopic (exact) mass is 434 g/mol. The Hall–Kier alpha value is -1.47.